The molecular weight excluding hydrogens is 339 g/mol. The van der Waals surface area contributed by atoms with Crippen LogP contribution >= 0.6 is 0 Å². The van der Waals surface area contributed by atoms with Crippen LogP contribution in [0.25, 0.3) is 0 Å². The molecule has 0 saturated heterocycles. The molecule has 1 atom stereocenters. The van der Waals surface area contributed by atoms with Crippen LogP contribution in [0, 0.1) is 18.1 Å². The van der Waals surface area contributed by atoms with E-state index in [1.807, 2.05) is 6.08 Å². The molecule has 0 saturated carbocycles. The van der Waals surface area contributed by atoms with Crippen molar-refractivity contribution in [1.29, 1.82) is 0 Å². The van der Waals surface area contributed by atoms with Crippen molar-refractivity contribution in [3.05, 3.63) is 47.1 Å². The Morgan fingerprint density at radius 2 is 1.70 bits per heavy atom. The van der Waals surface area contributed by atoms with Gasteiger partial charge in [0.25, 0.3) is 0 Å². The Bertz CT molecular complexity index is 403. The predicted molar refractivity (Wildman–Crippen MR) is 79.0 cm³/mol. The van der Waals surface area contributed by atoms with Crippen molar-refractivity contribution in [2.45, 2.75) is 47.2 Å². The Hall–Kier alpha value is 0.471. The largest absolute Gasteiger partial charge is 1.00 e. The molecule has 0 aromatic heterocycles. The Morgan fingerprint density at radius 1 is 1.20 bits per heavy atom. The smallest absolute Gasteiger partial charge is 1.00 e. The van der Waals surface area contributed by atoms with E-state index in [1.54, 1.807) is 0 Å². The van der Waals surface area contributed by atoms with Gasteiger partial charge < -0.3 is 24.8 Å². The van der Waals surface area contributed by atoms with Crippen LogP contribution in [-0.2, 0) is 19.2 Å². The maximum atomic E-state index is 3.19. The van der Waals surface area contributed by atoms with E-state index in [0.717, 1.165) is 6.42 Å². The van der Waals surface area contributed by atoms with Crippen molar-refractivity contribution in [1.82, 2.24) is 0 Å². The van der Waals surface area contributed by atoms with Crippen LogP contribution in [0.5, 0.6) is 0 Å². The van der Waals surface area contributed by atoms with Crippen LogP contribution in [0.15, 0.2) is 34.9 Å². The Morgan fingerprint density at radius 3 is 1.80 bits per heavy atom. The average Bonchev–Trinajstić information content (AvgIpc) is 2.76. The van der Waals surface area contributed by atoms with Gasteiger partial charge in [-0.1, -0.05) is 26.7 Å². The number of hydrogen-bond acceptors (Lipinski definition) is 0. The minimum atomic E-state index is 0. The quantitative estimate of drug-likeness (QED) is 0.376. The average molecular weight is 363 g/mol. The van der Waals surface area contributed by atoms with E-state index in [4.69, 9.17) is 0 Å². The zero-order valence-corrected chi connectivity index (χ0v) is 17.3. The van der Waals surface area contributed by atoms with Crippen LogP contribution in [0.1, 0.15) is 34.1 Å². The van der Waals surface area contributed by atoms with Gasteiger partial charge in [-0.3, -0.25) is 12.2 Å². The second-order valence-corrected chi connectivity index (χ2v) is 11.7. The Labute approximate surface area is 149 Å². The van der Waals surface area contributed by atoms with E-state index in [9.17, 15) is 0 Å². The standard InChI is InChI=1S/2C7H9.C2H6Si.2ClH.Ti/c2*1-6-3-4-7(2)5-6;1-3-2;;;/h5H,3H2,1-2H3;3,5,7H,1-2H3;1-2H3;2*1H;/q2*-1;;;;+2/p-2. The minimum absolute atomic E-state index is 0. The summed E-state index contributed by atoms with van der Waals surface area (Å²) in [4.78, 5) is 0. The molecule has 0 aromatic carbocycles. The predicted octanol–water partition coefficient (Wildman–Crippen LogP) is -1.18. The molecule has 4 heteroatoms. The molecule has 112 valence electrons. The normalized spacial score (nSPS) is 18.0. The number of hydrogen-bond donors (Lipinski definition) is 0. The topological polar surface area (TPSA) is 0 Å². The van der Waals surface area contributed by atoms with Crippen molar-refractivity contribution < 1.29 is 44.0 Å². The van der Waals surface area contributed by atoms with Crippen molar-refractivity contribution in [3.8, 4) is 0 Å². The molecule has 0 aromatic rings. The second kappa shape index (κ2) is 14.4. The summed E-state index contributed by atoms with van der Waals surface area (Å²) in [7, 11) is 0. The van der Waals surface area contributed by atoms with E-state index in [0.29, 0.717) is 5.92 Å². The van der Waals surface area contributed by atoms with Gasteiger partial charge in [0.15, 0.2) is 0 Å². The van der Waals surface area contributed by atoms with E-state index < -0.39 is 0 Å². The molecule has 0 bridgehead atoms. The van der Waals surface area contributed by atoms with Gasteiger partial charge in [-0.25, -0.2) is 23.3 Å². The third-order valence-electron chi connectivity index (χ3n) is 2.20. The number of allylic oxidation sites excluding steroid dienone is 8. The van der Waals surface area contributed by atoms with Crippen molar-refractivity contribution in [2.75, 3.05) is 0 Å². The van der Waals surface area contributed by atoms with Crippen LogP contribution in [0.2, 0.25) is 13.1 Å². The van der Waals surface area contributed by atoms with Gasteiger partial charge in [-0.05, 0) is 0 Å². The molecule has 0 amide bonds. The monoisotopic (exact) mass is 362 g/mol. The molecule has 2 aliphatic carbocycles. The molecule has 0 spiro atoms. The Balaban J connectivity index is -0.000000215. The maximum absolute atomic E-state index is 3.19. The zero-order valence-electron chi connectivity index (χ0n) is 13.3. The SMILES string of the molecule is CC1=CC(C)[C-]=C1.CC1=[C-]CC(C)=C1.C[Si](C)=[Ti+2].[Cl-].[Cl-]. The summed E-state index contributed by atoms with van der Waals surface area (Å²) in [5.41, 5.74) is 4.06. The van der Waals surface area contributed by atoms with Gasteiger partial charge >= 0.3 is 38.5 Å². The van der Waals surface area contributed by atoms with Crippen LogP contribution in [-0.4, -0.2) is 6.19 Å². The summed E-state index contributed by atoms with van der Waals surface area (Å²) >= 11 is 2.27. The van der Waals surface area contributed by atoms with Crippen LogP contribution in [0.3, 0.4) is 0 Å². The molecule has 1 unspecified atom stereocenters. The molecule has 0 fully saturated rings. The molecule has 0 nitrogen and oxygen atoms in total. The maximum Gasteiger partial charge on any atom is -1.00 e. The minimum Gasteiger partial charge on any atom is -1.00 e. The van der Waals surface area contributed by atoms with Gasteiger partial charge in [0, 0.05) is 0 Å². The van der Waals surface area contributed by atoms with Gasteiger partial charge in [0.1, 0.15) is 0 Å². The van der Waals surface area contributed by atoms with E-state index >= 15 is 0 Å². The van der Waals surface area contributed by atoms with E-state index in [1.165, 1.54) is 16.7 Å². The van der Waals surface area contributed by atoms with E-state index in [2.05, 4.69) is 84.3 Å². The van der Waals surface area contributed by atoms with Gasteiger partial charge in [-0.15, -0.1) is 13.3 Å². The number of halogens is 2. The summed E-state index contributed by atoms with van der Waals surface area (Å²) in [5, 5.41) is 0. The molecule has 2 aliphatic rings. The fourth-order valence-electron chi connectivity index (χ4n) is 1.50. The molecule has 0 radical (unpaired) electrons. The summed E-state index contributed by atoms with van der Waals surface area (Å²) in [6.45, 7) is 13.0. The fourth-order valence-corrected chi connectivity index (χ4v) is 1.50. The third-order valence-corrected chi connectivity index (χ3v) is 2.20. The van der Waals surface area contributed by atoms with Crippen molar-refractivity contribution in [2.24, 2.45) is 5.92 Å². The third kappa shape index (κ3) is 16.5. The summed E-state index contributed by atoms with van der Waals surface area (Å²) < 4.78 is 0. The molecule has 2 rings (SSSR count). The van der Waals surface area contributed by atoms with Gasteiger partial charge in [-0.2, -0.15) is 11.6 Å². The second-order valence-electron chi connectivity index (χ2n) is 5.04. The zero-order chi connectivity index (χ0) is 14.1. The molecular formula is C16H24Cl2SiTi-2. The number of rotatable bonds is 0. The first-order chi connectivity index (χ1) is 8.31. The summed E-state index contributed by atoms with van der Waals surface area (Å²) in [6, 6.07) is 0. The summed E-state index contributed by atoms with van der Waals surface area (Å²) in [5.74, 6) is 0.556. The molecule has 0 heterocycles. The van der Waals surface area contributed by atoms with Gasteiger partial charge in [0.05, 0.1) is 0 Å². The van der Waals surface area contributed by atoms with E-state index in [-0.39, 0.29) is 31.0 Å². The van der Waals surface area contributed by atoms with Crippen molar-refractivity contribution >= 4 is 6.19 Å². The molecule has 20 heavy (non-hydrogen) atoms. The Kier molecular flexibility index (Phi) is 18.3. The molecule has 0 N–H and O–H groups in total. The van der Waals surface area contributed by atoms with Crippen molar-refractivity contribution in [3.63, 3.8) is 0 Å². The first kappa shape index (κ1) is 25.4. The fraction of sp³-hybridized carbons (Fsp3) is 0.500. The van der Waals surface area contributed by atoms with Gasteiger partial charge in [0.2, 0.25) is 0 Å². The first-order valence-electron chi connectivity index (χ1n) is 6.35. The first-order valence-corrected chi connectivity index (χ1v) is 11.2. The molecule has 0 aliphatic heterocycles. The van der Waals surface area contributed by atoms with Crippen LogP contribution < -0.4 is 24.8 Å². The summed E-state index contributed by atoms with van der Waals surface area (Å²) in [6.07, 6.45) is 13.9. The van der Waals surface area contributed by atoms with Crippen LogP contribution in [0.4, 0.5) is 0 Å².